The van der Waals surface area contributed by atoms with Crippen LogP contribution in [0.15, 0.2) is 4.99 Å². The average Bonchev–Trinajstić information content (AvgIpc) is 2.48. The van der Waals surface area contributed by atoms with E-state index in [-0.39, 0.29) is 18.8 Å². The number of hydrogen-bond donors (Lipinski definition) is 2. The first-order chi connectivity index (χ1) is 11.4. The lowest BCUT2D eigenvalue weighted by molar-refractivity contribution is -0.183. The topological polar surface area (TPSA) is 56.7 Å². The normalized spacial score (nSPS) is 22.5. The second-order valence-corrected chi connectivity index (χ2v) is 6.04. The largest absolute Gasteiger partial charge is 0.406 e. The summed E-state index contributed by atoms with van der Waals surface area (Å²) in [6.07, 6.45) is -7.85. The van der Waals surface area contributed by atoms with Crippen LogP contribution in [0.5, 0.6) is 0 Å². The van der Waals surface area contributed by atoms with E-state index in [2.05, 4.69) is 15.6 Å². The second-order valence-electron chi connectivity index (χ2n) is 6.04. The molecule has 1 fully saturated rings. The minimum atomic E-state index is -4.50. The number of amides is 1. The molecule has 2 unspecified atom stereocenters. The fraction of sp³-hybridized carbons (Fsp3) is 0.857. The molecule has 5 nitrogen and oxygen atoms in total. The van der Waals surface area contributed by atoms with Gasteiger partial charge in [0.2, 0.25) is 5.91 Å². The van der Waals surface area contributed by atoms with Crippen LogP contribution in [0.1, 0.15) is 25.7 Å². The highest BCUT2D eigenvalue weighted by atomic mass is 19.4. The molecule has 0 radical (unpaired) electrons. The monoisotopic (exact) mass is 376 g/mol. The number of halogens is 6. The van der Waals surface area contributed by atoms with Crippen LogP contribution in [0.25, 0.3) is 0 Å². The molecule has 0 aromatic carbocycles. The van der Waals surface area contributed by atoms with E-state index >= 15 is 0 Å². The highest BCUT2D eigenvalue weighted by molar-refractivity contribution is 5.86. The maximum Gasteiger partial charge on any atom is 0.406 e. The number of carbonyl (C=O) groups is 1. The van der Waals surface area contributed by atoms with E-state index in [0.29, 0.717) is 17.7 Å². The highest BCUT2D eigenvalue weighted by Gasteiger charge is 2.42. The predicted molar refractivity (Wildman–Crippen MR) is 80.0 cm³/mol. The lowest BCUT2D eigenvalue weighted by Crippen LogP contribution is -2.49. The molecule has 146 valence electrons. The van der Waals surface area contributed by atoms with Crippen molar-refractivity contribution in [3.8, 4) is 0 Å². The van der Waals surface area contributed by atoms with E-state index in [4.69, 9.17) is 0 Å². The third-order valence-corrected chi connectivity index (χ3v) is 3.95. The van der Waals surface area contributed by atoms with Gasteiger partial charge < -0.3 is 15.5 Å². The van der Waals surface area contributed by atoms with Crippen molar-refractivity contribution in [1.82, 2.24) is 15.5 Å². The molecule has 0 saturated heterocycles. The molecule has 1 saturated carbocycles. The molecule has 0 heterocycles. The highest BCUT2D eigenvalue weighted by Crippen LogP contribution is 2.37. The zero-order chi connectivity index (χ0) is 19.3. The third-order valence-electron chi connectivity index (χ3n) is 3.95. The summed E-state index contributed by atoms with van der Waals surface area (Å²) in [5.41, 5.74) is 0. The molecular weight excluding hydrogens is 354 g/mol. The van der Waals surface area contributed by atoms with Crippen LogP contribution >= 0.6 is 0 Å². The Labute approximate surface area is 141 Å². The van der Waals surface area contributed by atoms with Gasteiger partial charge in [0.15, 0.2) is 5.96 Å². The zero-order valence-corrected chi connectivity index (χ0v) is 14.0. The van der Waals surface area contributed by atoms with Gasteiger partial charge in [0.05, 0.1) is 12.5 Å². The lowest BCUT2D eigenvalue weighted by Gasteiger charge is -2.32. The summed E-state index contributed by atoms with van der Waals surface area (Å²) >= 11 is 0. The van der Waals surface area contributed by atoms with E-state index in [1.807, 2.05) is 0 Å². The van der Waals surface area contributed by atoms with E-state index in [9.17, 15) is 31.1 Å². The van der Waals surface area contributed by atoms with Gasteiger partial charge in [0.1, 0.15) is 6.54 Å². The fourth-order valence-electron chi connectivity index (χ4n) is 2.66. The van der Waals surface area contributed by atoms with Crippen molar-refractivity contribution < 1.29 is 31.1 Å². The lowest BCUT2D eigenvalue weighted by atomic mass is 9.85. The number of aliphatic imine (C=N–C) groups is 1. The Morgan fingerprint density at radius 2 is 1.84 bits per heavy atom. The van der Waals surface area contributed by atoms with Crippen LogP contribution in [0.3, 0.4) is 0 Å². The van der Waals surface area contributed by atoms with Crippen molar-refractivity contribution >= 4 is 11.9 Å². The van der Waals surface area contributed by atoms with E-state index in [1.54, 1.807) is 0 Å². The molecule has 0 aromatic rings. The van der Waals surface area contributed by atoms with Gasteiger partial charge in [-0.15, -0.1) is 0 Å². The Hall–Kier alpha value is -1.68. The standard InChI is InChI=1S/C14H22F6N4O/c1-21-12(22-7-11(25)24(2)8-13(15,16)17)23-10-5-3-4-9(6-10)14(18,19)20/h9-10H,3-8H2,1-2H3,(H2,21,22,23). The van der Waals surface area contributed by atoms with Crippen molar-refractivity contribution in [3.63, 3.8) is 0 Å². The first-order valence-corrected chi connectivity index (χ1v) is 7.77. The number of rotatable bonds is 4. The summed E-state index contributed by atoms with van der Waals surface area (Å²) in [5.74, 6) is -2.12. The number of alkyl halides is 6. The molecule has 0 bridgehead atoms. The van der Waals surface area contributed by atoms with E-state index < -0.39 is 43.3 Å². The van der Waals surface area contributed by atoms with Crippen molar-refractivity contribution in [1.29, 1.82) is 0 Å². The van der Waals surface area contributed by atoms with Crippen LogP contribution in [0, 0.1) is 5.92 Å². The molecule has 2 N–H and O–H groups in total. The summed E-state index contributed by atoms with van der Waals surface area (Å²) < 4.78 is 75.1. The molecule has 11 heteroatoms. The van der Waals surface area contributed by atoms with Crippen LogP contribution in [-0.2, 0) is 4.79 Å². The number of carbonyl (C=O) groups excluding carboxylic acids is 1. The molecule has 0 aliphatic heterocycles. The van der Waals surface area contributed by atoms with Crippen molar-refractivity contribution in [2.75, 3.05) is 27.2 Å². The van der Waals surface area contributed by atoms with Gasteiger partial charge in [0.25, 0.3) is 0 Å². The van der Waals surface area contributed by atoms with Crippen molar-refractivity contribution in [3.05, 3.63) is 0 Å². The van der Waals surface area contributed by atoms with Gasteiger partial charge in [-0.3, -0.25) is 9.79 Å². The van der Waals surface area contributed by atoms with Crippen LogP contribution in [0.4, 0.5) is 26.3 Å². The molecule has 0 spiro atoms. The van der Waals surface area contributed by atoms with Gasteiger partial charge in [0, 0.05) is 20.1 Å². The van der Waals surface area contributed by atoms with Gasteiger partial charge in [-0.1, -0.05) is 6.42 Å². The van der Waals surface area contributed by atoms with Gasteiger partial charge in [-0.05, 0) is 19.3 Å². The summed E-state index contributed by atoms with van der Waals surface area (Å²) in [5, 5.41) is 5.33. The number of hydrogen-bond acceptors (Lipinski definition) is 2. The van der Waals surface area contributed by atoms with Crippen molar-refractivity contribution in [2.45, 2.75) is 44.1 Å². The van der Waals surface area contributed by atoms with Crippen LogP contribution in [-0.4, -0.2) is 62.3 Å². The van der Waals surface area contributed by atoms with E-state index in [0.717, 1.165) is 7.05 Å². The third kappa shape index (κ3) is 7.82. The number of likely N-dealkylation sites (N-methyl/N-ethyl adjacent to an activating group) is 1. The quantitative estimate of drug-likeness (QED) is 0.450. The Morgan fingerprint density at radius 3 is 2.36 bits per heavy atom. The molecule has 2 atom stereocenters. The first kappa shape index (κ1) is 21.4. The minimum Gasteiger partial charge on any atom is -0.354 e. The Kier molecular flexibility index (Phi) is 7.36. The summed E-state index contributed by atoms with van der Waals surface area (Å²) in [6, 6.07) is -0.463. The van der Waals surface area contributed by atoms with Gasteiger partial charge in [-0.25, -0.2) is 0 Å². The maximum absolute atomic E-state index is 12.8. The number of nitrogens with zero attached hydrogens (tertiary/aromatic N) is 2. The summed E-state index contributed by atoms with van der Waals surface area (Å²) in [6.45, 7) is -1.82. The maximum atomic E-state index is 12.8. The van der Waals surface area contributed by atoms with Crippen molar-refractivity contribution in [2.24, 2.45) is 10.9 Å². The predicted octanol–water partition coefficient (Wildman–Crippen LogP) is 2.29. The first-order valence-electron chi connectivity index (χ1n) is 7.77. The molecule has 1 rings (SSSR count). The second kappa shape index (κ2) is 8.61. The summed E-state index contributed by atoms with van der Waals surface area (Å²) in [4.78, 5) is 16.0. The SMILES string of the molecule is CN=C(NCC(=O)N(C)CC(F)(F)F)NC1CCCC(C(F)(F)F)C1. The van der Waals surface area contributed by atoms with Gasteiger partial charge in [-0.2, -0.15) is 26.3 Å². The average molecular weight is 376 g/mol. The minimum absolute atomic E-state index is 0.0778. The van der Waals surface area contributed by atoms with E-state index in [1.165, 1.54) is 7.05 Å². The molecule has 1 amide bonds. The zero-order valence-electron chi connectivity index (χ0n) is 14.0. The Bertz CT molecular complexity index is 477. The smallest absolute Gasteiger partial charge is 0.354 e. The fourth-order valence-corrected chi connectivity index (χ4v) is 2.66. The molecule has 1 aliphatic carbocycles. The number of nitrogens with one attached hydrogen (secondary N) is 2. The number of guanidine groups is 1. The van der Waals surface area contributed by atoms with Crippen LogP contribution < -0.4 is 10.6 Å². The summed E-state index contributed by atoms with van der Waals surface area (Å²) in [7, 11) is 2.38. The molecule has 1 aliphatic rings. The van der Waals surface area contributed by atoms with Crippen LogP contribution in [0.2, 0.25) is 0 Å². The molecule has 25 heavy (non-hydrogen) atoms. The molecule has 0 aromatic heterocycles. The Morgan fingerprint density at radius 1 is 1.20 bits per heavy atom. The molecular formula is C14H22F6N4O. The Balaban J connectivity index is 2.48. The van der Waals surface area contributed by atoms with Gasteiger partial charge >= 0.3 is 12.4 Å².